The lowest BCUT2D eigenvalue weighted by Crippen LogP contribution is -2.52. The van der Waals surface area contributed by atoms with E-state index in [-0.39, 0.29) is 29.0 Å². The van der Waals surface area contributed by atoms with Crippen molar-refractivity contribution in [2.24, 2.45) is 5.92 Å². The summed E-state index contributed by atoms with van der Waals surface area (Å²) in [6, 6.07) is 19.4. The Balaban J connectivity index is 1.95. The van der Waals surface area contributed by atoms with Crippen molar-refractivity contribution in [3.63, 3.8) is 0 Å². The Bertz CT molecular complexity index is 1380. The predicted molar refractivity (Wildman–Crippen MR) is 158 cm³/mol. The lowest BCUT2D eigenvalue weighted by atomic mass is 10.1. The summed E-state index contributed by atoms with van der Waals surface area (Å²) in [7, 11) is -4.25. The van der Waals surface area contributed by atoms with Crippen LogP contribution in [0.3, 0.4) is 0 Å². The van der Waals surface area contributed by atoms with Crippen LogP contribution in [0, 0.1) is 11.7 Å². The second-order valence-corrected chi connectivity index (χ2v) is 11.9. The van der Waals surface area contributed by atoms with E-state index in [2.05, 4.69) is 5.32 Å². The van der Waals surface area contributed by atoms with Crippen molar-refractivity contribution in [3.05, 3.63) is 90.2 Å². The van der Waals surface area contributed by atoms with E-state index in [4.69, 9.17) is 4.74 Å². The quantitative estimate of drug-likeness (QED) is 0.298. The molecule has 0 heterocycles. The van der Waals surface area contributed by atoms with E-state index in [9.17, 15) is 22.4 Å². The largest absolute Gasteiger partial charge is 0.494 e. The predicted octanol–water partition coefficient (Wildman–Crippen LogP) is 4.65. The zero-order valence-corrected chi connectivity index (χ0v) is 24.7. The van der Waals surface area contributed by atoms with Crippen molar-refractivity contribution < 1.29 is 27.1 Å². The van der Waals surface area contributed by atoms with Crippen LogP contribution >= 0.6 is 0 Å². The Hall–Kier alpha value is -3.92. The second-order valence-electron chi connectivity index (χ2n) is 10.0. The molecule has 3 aromatic carbocycles. The zero-order chi connectivity index (χ0) is 30.0. The van der Waals surface area contributed by atoms with Crippen molar-refractivity contribution in [3.8, 4) is 5.75 Å². The Morgan fingerprint density at radius 1 is 0.927 bits per heavy atom. The molecule has 0 radical (unpaired) electrons. The van der Waals surface area contributed by atoms with Crippen molar-refractivity contribution >= 4 is 27.5 Å². The molecule has 220 valence electrons. The first-order valence-corrected chi connectivity index (χ1v) is 15.1. The van der Waals surface area contributed by atoms with Crippen LogP contribution in [0.1, 0.15) is 33.3 Å². The molecule has 41 heavy (non-hydrogen) atoms. The molecule has 0 unspecified atom stereocenters. The number of ether oxygens (including phenoxy) is 1. The number of amides is 2. The number of benzene rings is 3. The minimum Gasteiger partial charge on any atom is -0.494 e. The minimum absolute atomic E-state index is 0.0587. The van der Waals surface area contributed by atoms with Gasteiger partial charge in [0, 0.05) is 13.1 Å². The first kappa shape index (κ1) is 31.6. The Kier molecular flexibility index (Phi) is 11.3. The van der Waals surface area contributed by atoms with Gasteiger partial charge in [-0.3, -0.25) is 13.9 Å². The van der Waals surface area contributed by atoms with Gasteiger partial charge in [-0.15, -0.1) is 0 Å². The molecule has 8 nitrogen and oxygen atoms in total. The maximum atomic E-state index is 13.9. The molecule has 0 aromatic heterocycles. The van der Waals surface area contributed by atoms with Crippen LogP contribution < -0.4 is 14.4 Å². The molecule has 0 aliphatic rings. The first-order chi connectivity index (χ1) is 19.5. The number of anilines is 1. The standard InChI is InChI=1S/C31H38FN3O5S/c1-5-40-28-15-17-29(18-16-28)41(38,39)35(27-13-11-26(32)12-14-27)22-30(36)34(20-19-25-9-7-6-8-10-25)24(4)31(37)33-21-23(2)3/h6-18,23-24H,5,19-22H2,1-4H3,(H,33,37)/t24-/m1/s1. The lowest BCUT2D eigenvalue weighted by Gasteiger charge is -2.32. The van der Waals surface area contributed by atoms with Gasteiger partial charge in [0.15, 0.2) is 0 Å². The van der Waals surface area contributed by atoms with Gasteiger partial charge in [0.1, 0.15) is 24.2 Å². The van der Waals surface area contributed by atoms with Crippen LogP contribution in [-0.2, 0) is 26.0 Å². The summed E-state index contributed by atoms with van der Waals surface area (Å²) >= 11 is 0. The van der Waals surface area contributed by atoms with Crippen molar-refractivity contribution in [2.45, 2.75) is 45.1 Å². The summed E-state index contributed by atoms with van der Waals surface area (Å²) in [5.74, 6) is -0.717. The fourth-order valence-corrected chi connectivity index (χ4v) is 5.57. The van der Waals surface area contributed by atoms with Gasteiger partial charge < -0.3 is 15.0 Å². The summed E-state index contributed by atoms with van der Waals surface area (Å²) in [4.78, 5) is 28.2. The molecule has 10 heteroatoms. The van der Waals surface area contributed by atoms with Crippen LogP contribution in [0.5, 0.6) is 5.75 Å². The van der Waals surface area contributed by atoms with Gasteiger partial charge >= 0.3 is 0 Å². The third-order valence-corrected chi connectivity index (χ3v) is 8.24. The molecule has 0 spiro atoms. The Morgan fingerprint density at radius 3 is 2.15 bits per heavy atom. The molecule has 2 amide bonds. The summed E-state index contributed by atoms with van der Waals surface area (Å²) in [5.41, 5.74) is 1.09. The van der Waals surface area contributed by atoms with Gasteiger partial charge in [0.2, 0.25) is 11.8 Å². The van der Waals surface area contributed by atoms with Gasteiger partial charge in [-0.1, -0.05) is 44.2 Å². The van der Waals surface area contributed by atoms with E-state index < -0.39 is 34.3 Å². The van der Waals surface area contributed by atoms with Crippen molar-refractivity contribution in [1.29, 1.82) is 0 Å². The van der Waals surface area contributed by atoms with Crippen LogP contribution in [0.15, 0.2) is 83.8 Å². The summed E-state index contributed by atoms with van der Waals surface area (Å²) in [6.07, 6.45) is 0.469. The Labute approximate surface area is 242 Å². The monoisotopic (exact) mass is 583 g/mol. The van der Waals surface area contributed by atoms with E-state index in [0.717, 1.165) is 22.0 Å². The molecule has 0 saturated carbocycles. The van der Waals surface area contributed by atoms with E-state index in [1.54, 1.807) is 6.92 Å². The summed E-state index contributed by atoms with van der Waals surface area (Å²) in [6.45, 7) is 7.85. The number of sulfonamides is 1. The topological polar surface area (TPSA) is 96.0 Å². The van der Waals surface area contributed by atoms with E-state index in [1.165, 1.54) is 41.3 Å². The van der Waals surface area contributed by atoms with Crippen LogP contribution in [-0.4, -0.2) is 57.4 Å². The highest BCUT2D eigenvalue weighted by Crippen LogP contribution is 2.26. The molecule has 0 aliphatic heterocycles. The fraction of sp³-hybridized carbons (Fsp3) is 0.355. The maximum absolute atomic E-state index is 13.9. The molecule has 3 rings (SSSR count). The molecular weight excluding hydrogens is 545 g/mol. The van der Waals surface area contributed by atoms with Crippen LogP contribution in [0.25, 0.3) is 0 Å². The highest BCUT2D eigenvalue weighted by molar-refractivity contribution is 7.92. The zero-order valence-electron chi connectivity index (χ0n) is 23.9. The van der Waals surface area contributed by atoms with Gasteiger partial charge in [-0.2, -0.15) is 0 Å². The highest BCUT2D eigenvalue weighted by Gasteiger charge is 2.32. The number of hydrogen-bond acceptors (Lipinski definition) is 5. The number of carbonyl (C=O) groups is 2. The van der Waals surface area contributed by atoms with E-state index >= 15 is 0 Å². The number of nitrogens with zero attached hydrogens (tertiary/aromatic N) is 2. The Morgan fingerprint density at radius 2 is 1.56 bits per heavy atom. The SMILES string of the molecule is CCOc1ccc(S(=O)(=O)N(CC(=O)N(CCc2ccccc2)[C@H](C)C(=O)NCC(C)C)c2ccc(F)cc2)cc1. The summed E-state index contributed by atoms with van der Waals surface area (Å²) < 4.78 is 47.8. The highest BCUT2D eigenvalue weighted by atomic mass is 32.2. The fourth-order valence-electron chi connectivity index (χ4n) is 4.16. The number of carbonyl (C=O) groups excluding carboxylic acids is 2. The maximum Gasteiger partial charge on any atom is 0.264 e. The normalized spacial score (nSPS) is 12.0. The summed E-state index contributed by atoms with van der Waals surface area (Å²) in [5, 5.41) is 2.86. The molecule has 0 aliphatic carbocycles. The molecular formula is C31H38FN3O5S. The average molecular weight is 584 g/mol. The van der Waals surface area contributed by atoms with Gasteiger partial charge in [0.25, 0.3) is 10.0 Å². The number of hydrogen-bond donors (Lipinski definition) is 1. The first-order valence-electron chi connectivity index (χ1n) is 13.6. The van der Waals surface area contributed by atoms with Crippen molar-refractivity contribution in [2.75, 3.05) is 30.5 Å². The van der Waals surface area contributed by atoms with Crippen LogP contribution in [0.4, 0.5) is 10.1 Å². The number of rotatable bonds is 14. The molecule has 0 saturated heterocycles. The molecule has 0 fully saturated rings. The second kappa shape index (κ2) is 14.6. The van der Waals surface area contributed by atoms with Crippen LogP contribution in [0.2, 0.25) is 0 Å². The third kappa shape index (κ3) is 8.78. The van der Waals surface area contributed by atoms with Gasteiger partial charge in [-0.25, -0.2) is 12.8 Å². The smallest absolute Gasteiger partial charge is 0.264 e. The number of nitrogens with one attached hydrogen (secondary N) is 1. The number of halogens is 1. The molecule has 3 aromatic rings. The third-order valence-electron chi connectivity index (χ3n) is 6.45. The van der Waals surface area contributed by atoms with Gasteiger partial charge in [0.05, 0.1) is 17.2 Å². The van der Waals surface area contributed by atoms with E-state index in [1.807, 2.05) is 51.1 Å². The van der Waals surface area contributed by atoms with E-state index in [0.29, 0.717) is 25.3 Å². The molecule has 0 bridgehead atoms. The average Bonchev–Trinajstić information content (AvgIpc) is 2.96. The van der Waals surface area contributed by atoms with Crippen molar-refractivity contribution in [1.82, 2.24) is 10.2 Å². The molecule has 1 atom stereocenters. The molecule has 1 N–H and O–H groups in total. The van der Waals surface area contributed by atoms with Gasteiger partial charge in [-0.05, 0) is 80.3 Å². The lowest BCUT2D eigenvalue weighted by molar-refractivity contribution is -0.138. The minimum atomic E-state index is -4.25.